The molecule has 0 unspecified atom stereocenters. The zero-order valence-electron chi connectivity index (χ0n) is 9.42. The highest BCUT2D eigenvalue weighted by molar-refractivity contribution is 6.22. The van der Waals surface area contributed by atoms with Gasteiger partial charge >= 0.3 is 11.4 Å². The second-order valence-corrected chi connectivity index (χ2v) is 4.30. The lowest BCUT2D eigenvalue weighted by Crippen LogP contribution is -2.15. The number of carboxylic acids is 1. The molecule has 0 aliphatic rings. The lowest BCUT2D eigenvalue weighted by atomic mass is 10.1. The second-order valence-electron chi connectivity index (χ2n) is 3.82. The molecule has 1 N–H and O–H groups in total. The van der Waals surface area contributed by atoms with E-state index in [0.717, 1.165) is 6.07 Å². The van der Waals surface area contributed by atoms with E-state index in [1.165, 1.54) is 13.0 Å². The molecule has 0 spiro atoms. The van der Waals surface area contributed by atoms with Crippen molar-refractivity contribution < 1.29 is 23.1 Å². The van der Waals surface area contributed by atoms with Gasteiger partial charge in [0.05, 0.1) is 16.6 Å². The van der Waals surface area contributed by atoms with Crippen LogP contribution in [-0.4, -0.2) is 21.0 Å². The van der Waals surface area contributed by atoms with Gasteiger partial charge in [0.15, 0.2) is 0 Å². The number of halogens is 4. The van der Waals surface area contributed by atoms with E-state index < -0.39 is 28.6 Å². The molecule has 2 heterocycles. The van der Waals surface area contributed by atoms with Crippen molar-refractivity contribution in [2.45, 2.75) is 12.3 Å². The lowest BCUT2D eigenvalue weighted by molar-refractivity contribution is 0.0650. The highest BCUT2D eigenvalue weighted by Gasteiger charge is 2.35. The van der Waals surface area contributed by atoms with Crippen LogP contribution in [0.3, 0.4) is 0 Å². The van der Waals surface area contributed by atoms with Crippen molar-refractivity contribution in [2.24, 2.45) is 0 Å². The second kappa shape index (κ2) is 4.34. The monoisotopic (exact) mass is 290 g/mol. The molecule has 0 radical (unpaired) electrons. The smallest absolute Gasteiger partial charge is 0.365 e. The van der Waals surface area contributed by atoms with Crippen molar-refractivity contribution in [3.8, 4) is 0 Å². The van der Waals surface area contributed by atoms with Crippen LogP contribution in [0.15, 0.2) is 12.1 Å². The standard InChI is InChI=1S/C11H6ClF3N2O2/c1-4-2-6-7(17-9(4)13)3-5(10(18)19)8(16-6)11(12,14)15/h2-3H,1H3,(H,18,19). The number of aromatic carboxylic acids is 1. The van der Waals surface area contributed by atoms with Gasteiger partial charge in [-0.25, -0.2) is 14.8 Å². The predicted octanol–water partition coefficient (Wildman–Crippen LogP) is 3.06. The number of fused-ring (bicyclic) bond motifs is 1. The van der Waals surface area contributed by atoms with Gasteiger partial charge in [-0.2, -0.15) is 13.2 Å². The number of carbonyl (C=O) groups is 1. The number of rotatable bonds is 2. The minimum Gasteiger partial charge on any atom is -0.478 e. The fraction of sp³-hybridized carbons (Fsp3) is 0.182. The SMILES string of the molecule is Cc1cc2nc(C(F)(F)Cl)c(C(=O)O)cc2nc1F. The van der Waals surface area contributed by atoms with Gasteiger partial charge in [-0.3, -0.25) is 0 Å². The van der Waals surface area contributed by atoms with E-state index >= 15 is 0 Å². The molecule has 0 saturated carbocycles. The first-order valence-corrected chi connectivity index (χ1v) is 5.36. The molecular formula is C11H6ClF3N2O2. The van der Waals surface area contributed by atoms with Crippen LogP contribution in [0, 0.1) is 12.9 Å². The third-order valence-electron chi connectivity index (χ3n) is 2.43. The average molecular weight is 291 g/mol. The van der Waals surface area contributed by atoms with Crippen molar-refractivity contribution in [2.75, 3.05) is 0 Å². The molecule has 2 aromatic heterocycles. The average Bonchev–Trinajstić information content (AvgIpc) is 2.27. The summed E-state index contributed by atoms with van der Waals surface area (Å²) < 4.78 is 39.5. The minimum atomic E-state index is -3.94. The molecule has 0 amide bonds. The summed E-state index contributed by atoms with van der Waals surface area (Å²) in [6.07, 6.45) is 0. The summed E-state index contributed by atoms with van der Waals surface area (Å²) in [4.78, 5) is 17.8. The Morgan fingerprint density at radius 2 is 1.89 bits per heavy atom. The van der Waals surface area contributed by atoms with Crippen LogP contribution < -0.4 is 0 Å². The van der Waals surface area contributed by atoms with Crippen LogP contribution in [0.4, 0.5) is 13.2 Å². The third kappa shape index (κ3) is 2.46. The number of pyridine rings is 2. The van der Waals surface area contributed by atoms with Gasteiger partial charge in [0.25, 0.3) is 0 Å². The molecule has 100 valence electrons. The molecular weight excluding hydrogens is 285 g/mol. The molecule has 0 atom stereocenters. The van der Waals surface area contributed by atoms with Crippen molar-refractivity contribution in [3.05, 3.63) is 34.9 Å². The molecule has 0 aliphatic heterocycles. The number of carboxylic acid groups (broad SMARTS) is 1. The quantitative estimate of drug-likeness (QED) is 0.682. The summed E-state index contributed by atoms with van der Waals surface area (Å²) in [6.45, 7) is 1.38. The number of alkyl halides is 3. The van der Waals surface area contributed by atoms with E-state index in [0.29, 0.717) is 0 Å². The van der Waals surface area contributed by atoms with Gasteiger partial charge in [0.2, 0.25) is 5.95 Å². The van der Waals surface area contributed by atoms with E-state index in [2.05, 4.69) is 9.97 Å². The highest BCUT2D eigenvalue weighted by Crippen LogP contribution is 2.34. The number of nitrogens with zero attached hydrogens (tertiary/aromatic N) is 2. The Kier molecular flexibility index (Phi) is 3.09. The van der Waals surface area contributed by atoms with Gasteiger partial charge < -0.3 is 5.11 Å². The summed E-state index contributed by atoms with van der Waals surface area (Å²) in [5.41, 5.74) is -2.00. The van der Waals surface area contributed by atoms with Crippen LogP contribution in [0.25, 0.3) is 11.0 Å². The fourth-order valence-corrected chi connectivity index (χ4v) is 1.69. The van der Waals surface area contributed by atoms with Crippen molar-refractivity contribution >= 4 is 28.6 Å². The molecule has 0 fully saturated rings. The Morgan fingerprint density at radius 3 is 2.42 bits per heavy atom. The molecule has 2 aromatic rings. The molecule has 19 heavy (non-hydrogen) atoms. The van der Waals surface area contributed by atoms with Crippen LogP contribution in [0.5, 0.6) is 0 Å². The highest BCUT2D eigenvalue weighted by atomic mass is 35.5. The first-order valence-electron chi connectivity index (χ1n) is 4.98. The molecule has 8 heteroatoms. The summed E-state index contributed by atoms with van der Waals surface area (Å²) in [6, 6.07) is 2.01. The maximum atomic E-state index is 13.3. The van der Waals surface area contributed by atoms with Gasteiger partial charge in [-0.15, -0.1) is 0 Å². The Balaban J connectivity index is 2.84. The molecule has 0 bridgehead atoms. The fourth-order valence-electron chi connectivity index (χ4n) is 1.55. The van der Waals surface area contributed by atoms with Gasteiger partial charge in [0.1, 0.15) is 5.69 Å². The minimum absolute atomic E-state index is 0.0563. The van der Waals surface area contributed by atoms with Crippen molar-refractivity contribution in [1.29, 1.82) is 0 Å². The van der Waals surface area contributed by atoms with Gasteiger partial charge in [0, 0.05) is 5.56 Å². The Hall–Kier alpha value is -1.89. The van der Waals surface area contributed by atoms with Crippen molar-refractivity contribution in [3.63, 3.8) is 0 Å². The Morgan fingerprint density at radius 1 is 1.32 bits per heavy atom. The van der Waals surface area contributed by atoms with Crippen molar-refractivity contribution in [1.82, 2.24) is 9.97 Å². The first-order chi connectivity index (χ1) is 8.70. The van der Waals surface area contributed by atoms with Gasteiger partial charge in [-0.05, 0) is 30.7 Å². The molecule has 0 saturated heterocycles. The van der Waals surface area contributed by atoms with Crippen LogP contribution in [-0.2, 0) is 5.38 Å². The zero-order valence-corrected chi connectivity index (χ0v) is 10.2. The summed E-state index contributed by atoms with van der Waals surface area (Å²) in [7, 11) is 0. The van der Waals surface area contributed by atoms with E-state index in [1.807, 2.05) is 0 Å². The number of hydrogen-bond acceptors (Lipinski definition) is 3. The first kappa shape index (κ1) is 13.5. The normalized spacial score (nSPS) is 11.8. The summed E-state index contributed by atoms with van der Waals surface area (Å²) in [5.74, 6) is -2.47. The lowest BCUT2D eigenvalue weighted by Gasteiger charge is -2.11. The molecule has 4 nitrogen and oxygen atoms in total. The largest absolute Gasteiger partial charge is 0.478 e. The van der Waals surface area contributed by atoms with E-state index in [1.54, 1.807) is 0 Å². The third-order valence-corrected chi connectivity index (χ3v) is 2.61. The predicted molar refractivity (Wildman–Crippen MR) is 60.9 cm³/mol. The summed E-state index contributed by atoms with van der Waals surface area (Å²) >= 11 is 4.83. The zero-order chi connectivity index (χ0) is 14.4. The van der Waals surface area contributed by atoms with Gasteiger partial charge in [-0.1, -0.05) is 0 Å². The molecule has 2 rings (SSSR count). The van der Waals surface area contributed by atoms with Crippen LogP contribution in [0.1, 0.15) is 21.6 Å². The maximum Gasteiger partial charge on any atom is 0.365 e. The topological polar surface area (TPSA) is 63.1 Å². The molecule has 0 aromatic carbocycles. The van der Waals surface area contributed by atoms with E-state index in [4.69, 9.17) is 16.7 Å². The number of aromatic nitrogens is 2. The maximum absolute atomic E-state index is 13.3. The Bertz CT molecular complexity index is 686. The van der Waals surface area contributed by atoms with Crippen LogP contribution in [0.2, 0.25) is 0 Å². The Labute approximate surface area is 109 Å². The number of hydrogen-bond donors (Lipinski definition) is 1. The molecule has 0 aliphatic carbocycles. The van der Waals surface area contributed by atoms with E-state index in [9.17, 15) is 18.0 Å². The summed E-state index contributed by atoms with van der Waals surface area (Å²) in [5, 5.41) is 4.92. The van der Waals surface area contributed by atoms with Crippen LogP contribution >= 0.6 is 11.6 Å². The number of aryl methyl sites for hydroxylation is 1. The van der Waals surface area contributed by atoms with E-state index in [-0.39, 0.29) is 16.6 Å².